The van der Waals surface area contributed by atoms with E-state index in [0.717, 1.165) is 0 Å². The summed E-state index contributed by atoms with van der Waals surface area (Å²) < 4.78 is 4.79. The van der Waals surface area contributed by atoms with Crippen LogP contribution in [0.15, 0.2) is 5.10 Å². The van der Waals surface area contributed by atoms with Gasteiger partial charge in [0.25, 0.3) is 5.91 Å². The lowest BCUT2D eigenvalue weighted by atomic mass is 10.1. The summed E-state index contributed by atoms with van der Waals surface area (Å²) in [4.78, 5) is 22.2. The van der Waals surface area contributed by atoms with Gasteiger partial charge in [0.2, 0.25) is 0 Å². The molecule has 6 heteroatoms. The topological polar surface area (TPSA) is 91.5 Å². The first-order chi connectivity index (χ1) is 7.52. The maximum Gasteiger partial charge on any atom is 0.314 e. The lowest BCUT2D eigenvalue weighted by Crippen LogP contribution is -2.25. The summed E-state index contributed by atoms with van der Waals surface area (Å²) >= 11 is 0. The van der Waals surface area contributed by atoms with Crippen molar-refractivity contribution in [3.05, 3.63) is 0 Å². The van der Waals surface area contributed by atoms with Gasteiger partial charge in [0.05, 0.1) is 18.6 Å². The molecule has 0 heterocycles. The van der Waals surface area contributed by atoms with Gasteiger partial charge in [0.1, 0.15) is 6.42 Å². The molecule has 88 valence electrons. The molecule has 0 saturated carbocycles. The summed E-state index contributed by atoms with van der Waals surface area (Å²) in [6.45, 7) is 5.25. The Kier molecular flexibility index (Phi) is 6.52. The molecule has 0 aliphatic heterocycles. The van der Waals surface area contributed by atoms with E-state index in [0.29, 0.717) is 12.3 Å². The average molecular weight is 225 g/mol. The van der Waals surface area contributed by atoms with Gasteiger partial charge < -0.3 is 4.74 Å². The lowest BCUT2D eigenvalue weighted by Gasteiger charge is -2.09. The summed E-state index contributed by atoms with van der Waals surface area (Å²) in [5, 5.41) is 11.9. The molecule has 0 fully saturated rings. The minimum atomic E-state index is -0.512. The van der Waals surface area contributed by atoms with Gasteiger partial charge in [-0.25, -0.2) is 5.43 Å². The first kappa shape index (κ1) is 14.1. The van der Waals surface area contributed by atoms with Crippen LogP contribution in [0.5, 0.6) is 0 Å². The first-order valence-corrected chi connectivity index (χ1v) is 4.89. The fraction of sp³-hybridized carbons (Fsp3) is 0.600. The molecule has 16 heavy (non-hydrogen) atoms. The number of carbonyl (C=O) groups excluding carboxylic acids is 2. The van der Waals surface area contributed by atoms with Crippen LogP contribution in [-0.2, 0) is 14.3 Å². The summed E-state index contributed by atoms with van der Waals surface area (Å²) in [5.74, 6) is -1.40. The Morgan fingerprint density at radius 2 is 2.19 bits per heavy atom. The monoisotopic (exact) mass is 225 g/mol. The highest BCUT2D eigenvalue weighted by Gasteiger charge is 2.17. The summed E-state index contributed by atoms with van der Waals surface area (Å²) in [5.41, 5.74) is 2.61. The van der Waals surface area contributed by atoms with Crippen molar-refractivity contribution in [1.82, 2.24) is 5.43 Å². The van der Waals surface area contributed by atoms with Crippen molar-refractivity contribution in [3.63, 3.8) is 0 Å². The van der Waals surface area contributed by atoms with E-state index in [9.17, 15) is 9.59 Å². The molecule has 0 unspecified atom stereocenters. The largest absolute Gasteiger partial charge is 0.465 e. The molecule has 0 aromatic heterocycles. The van der Waals surface area contributed by atoms with Crippen LogP contribution in [0.3, 0.4) is 0 Å². The van der Waals surface area contributed by atoms with Crippen LogP contribution in [0, 0.1) is 17.2 Å². The fourth-order valence-electron chi connectivity index (χ4n) is 0.796. The lowest BCUT2D eigenvalue weighted by molar-refractivity contribution is -0.145. The molecular formula is C10H15N3O3. The molecule has 0 aromatic rings. The van der Waals surface area contributed by atoms with Crippen LogP contribution >= 0.6 is 0 Å². The Bertz CT molecular complexity index is 331. The molecule has 6 nitrogen and oxygen atoms in total. The van der Waals surface area contributed by atoms with Crippen molar-refractivity contribution >= 4 is 17.6 Å². The SMILES string of the molecule is CCOC(=O)[C@@H](C)/C(C)=N\NC(=O)CC#N. The zero-order chi connectivity index (χ0) is 12.6. The van der Waals surface area contributed by atoms with E-state index in [-0.39, 0.29) is 6.42 Å². The van der Waals surface area contributed by atoms with Gasteiger partial charge >= 0.3 is 5.97 Å². The molecule has 0 radical (unpaired) electrons. The highest BCUT2D eigenvalue weighted by molar-refractivity contribution is 6.00. The quantitative estimate of drug-likeness (QED) is 0.421. The third-order valence-electron chi connectivity index (χ3n) is 1.86. The highest BCUT2D eigenvalue weighted by atomic mass is 16.5. The van der Waals surface area contributed by atoms with Crippen LogP contribution in [0.4, 0.5) is 0 Å². The van der Waals surface area contributed by atoms with Gasteiger partial charge in [-0.1, -0.05) is 0 Å². The second-order valence-electron chi connectivity index (χ2n) is 3.10. The van der Waals surface area contributed by atoms with Crippen molar-refractivity contribution in [1.29, 1.82) is 5.26 Å². The zero-order valence-corrected chi connectivity index (χ0v) is 9.61. The Labute approximate surface area is 94.3 Å². The predicted octanol–water partition coefficient (Wildman–Crippen LogP) is 0.591. The normalized spacial score (nSPS) is 12.5. The van der Waals surface area contributed by atoms with Gasteiger partial charge in [-0.05, 0) is 20.8 Å². The number of carbonyl (C=O) groups is 2. The number of nitriles is 1. The maximum atomic E-state index is 11.3. The van der Waals surface area contributed by atoms with Gasteiger partial charge in [-0.15, -0.1) is 0 Å². The number of nitrogens with one attached hydrogen (secondary N) is 1. The number of hydrogen-bond acceptors (Lipinski definition) is 5. The number of hydrogen-bond donors (Lipinski definition) is 1. The molecule has 1 N–H and O–H groups in total. The minimum Gasteiger partial charge on any atom is -0.465 e. The Balaban J connectivity index is 4.27. The maximum absolute atomic E-state index is 11.3. The number of amides is 1. The standard InChI is InChI=1S/C10H15N3O3/c1-4-16-10(15)7(2)8(3)12-13-9(14)5-6-11/h7H,4-5H2,1-3H3,(H,13,14)/b12-8-/t7-/m0/s1. The summed E-state index contributed by atoms with van der Waals surface area (Å²) in [7, 11) is 0. The predicted molar refractivity (Wildman–Crippen MR) is 57.3 cm³/mol. The van der Waals surface area contributed by atoms with Crippen LogP contribution in [0.25, 0.3) is 0 Å². The second kappa shape index (κ2) is 7.40. The van der Waals surface area contributed by atoms with Gasteiger partial charge in [-0.3, -0.25) is 9.59 Å². The van der Waals surface area contributed by atoms with Crippen molar-refractivity contribution in [2.24, 2.45) is 11.0 Å². The Hall–Kier alpha value is -1.90. The molecule has 0 spiro atoms. The van der Waals surface area contributed by atoms with Crippen molar-refractivity contribution in [3.8, 4) is 6.07 Å². The van der Waals surface area contributed by atoms with Crippen molar-refractivity contribution < 1.29 is 14.3 Å². The zero-order valence-electron chi connectivity index (χ0n) is 9.61. The highest BCUT2D eigenvalue weighted by Crippen LogP contribution is 2.01. The van der Waals surface area contributed by atoms with E-state index in [1.165, 1.54) is 0 Å². The molecule has 0 aliphatic rings. The minimum absolute atomic E-state index is 0.259. The number of rotatable bonds is 5. The first-order valence-electron chi connectivity index (χ1n) is 4.89. The van der Waals surface area contributed by atoms with E-state index in [1.54, 1.807) is 26.8 Å². The molecule has 0 rings (SSSR count). The average Bonchev–Trinajstić information content (AvgIpc) is 2.25. The summed E-state index contributed by atoms with van der Waals surface area (Å²) in [6, 6.07) is 1.69. The third kappa shape index (κ3) is 5.10. The number of esters is 1. The van der Waals surface area contributed by atoms with Crippen LogP contribution < -0.4 is 5.43 Å². The van der Waals surface area contributed by atoms with E-state index >= 15 is 0 Å². The van der Waals surface area contributed by atoms with E-state index in [1.807, 2.05) is 0 Å². The number of ether oxygens (including phenoxy) is 1. The fourth-order valence-corrected chi connectivity index (χ4v) is 0.796. The third-order valence-corrected chi connectivity index (χ3v) is 1.86. The second-order valence-corrected chi connectivity index (χ2v) is 3.10. The molecule has 0 aliphatic carbocycles. The van der Waals surface area contributed by atoms with Crippen molar-refractivity contribution in [2.75, 3.05) is 6.61 Å². The van der Waals surface area contributed by atoms with Gasteiger partial charge in [-0.2, -0.15) is 10.4 Å². The molecule has 0 aromatic carbocycles. The number of nitrogens with zero attached hydrogens (tertiary/aromatic N) is 2. The van der Waals surface area contributed by atoms with Gasteiger partial charge in [0.15, 0.2) is 0 Å². The number of hydrazone groups is 1. The van der Waals surface area contributed by atoms with Gasteiger partial charge in [0, 0.05) is 5.71 Å². The van der Waals surface area contributed by atoms with E-state index in [2.05, 4.69) is 10.5 Å². The molecular weight excluding hydrogens is 210 g/mol. The molecule has 1 atom stereocenters. The van der Waals surface area contributed by atoms with Crippen LogP contribution in [0.2, 0.25) is 0 Å². The smallest absolute Gasteiger partial charge is 0.314 e. The molecule has 0 saturated heterocycles. The van der Waals surface area contributed by atoms with E-state index in [4.69, 9.17) is 10.00 Å². The summed E-state index contributed by atoms with van der Waals surface area (Å²) in [6.07, 6.45) is -0.259. The Morgan fingerprint density at radius 3 is 2.69 bits per heavy atom. The van der Waals surface area contributed by atoms with Crippen molar-refractivity contribution in [2.45, 2.75) is 27.2 Å². The van der Waals surface area contributed by atoms with Crippen LogP contribution in [-0.4, -0.2) is 24.2 Å². The molecule has 0 bridgehead atoms. The van der Waals surface area contributed by atoms with E-state index < -0.39 is 17.8 Å². The molecule has 1 amide bonds. The Morgan fingerprint density at radius 1 is 1.56 bits per heavy atom. The van der Waals surface area contributed by atoms with Crippen LogP contribution in [0.1, 0.15) is 27.2 Å².